The van der Waals surface area contributed by atoms with Gasteiger partial charge in [0.25, 0.3) is 5.69 Å². The molecular weight excluding hydrogens is 465 g/mol. The Hall–Kier alpha value is -2.82. The first-order chi connectivity index (χ1) is 14.9. The molecule has 3 aromatic rings. The molecule has 0 saturated heterocycles. The third-order valence-electron chi connectivity index (χ3n) is 4.07. The maximum Gasteiger partial charge on any atom is 0.271 e. The number of rotatable bonds is 9. The standard InChI is InChI=1S/C19H17Cl2N5O4S/c1-2-25-17(10-30-16-6-4-3-5-14(16)21)23-24-19(25)31-11-18(27)22-15-9-12(26(28)29)7-8-13(15)20/h3-9H,2,10-11H2,1H3,(H,22,27). The lowest BCUT2D eigenvalue weighted by molar-refractivity contribution is -0.384. The number of para-hydroxylation sites is 1. The number of nitrogens with zero attached hydrogens (tertiary/aromatic N) is 4. The second-order valence-electron chi connectivity index (χ2n) is 6.12. The largest absolute Gasteiger partial charge is 0.484 e. The Bertz CT molecular complexity index is 1110. The molecule has 0 unspecified atom stereocenters. The highest BCUT2D eigenvalue weighted by atomic mass is 35.5. The van der Waals surface area contributed by atoms with Crippen molar-refractivity contribution in [2.45, 2.75) is 25.2 Å². The van der Waals surface area contributed by atoms with Gasteiger partial charge in [-0.05, 0) is 25.1 Å². The van der Waals surface area contributed by atoms with Gasteiger partial charge in [-0.3, -0.25) is 14.9 Å². The van der Waals surface area contributed by atoms with Gasteiger partial charge in [0.05, 0.1) is 26.4 Å². The second-order valence-corrected chi connectivity index (χ2v) is 7.88. The fourth-order valence-corrected chi connectivity index (χ4v) is 3.77. The highest BCUT2D eigenvalue weighted by molar-refractivity contribution is 7.99. The molecule has 0 aliphatic heterocycles. The third-order valence-corrected chi connectivity index (χ3v) is 5.68. The number of thioether (sulfide) groups is 1. The van der Waals surface area contributed by atoms with E-state index < -0.39 is 4.92 Å². The van der Waals surface area contributed by atoms with Crippen LogP contribution in [0.4, 0.5) is 11.4 Å². The summed E-state index contributed by atoms with van der Waals surface area (Å²) in [6, 6.07) is 11.0. The van der Waals surface area contributed by atoms with Crippen molar-refractivity contribution in [3.63, 3.8) is 0 Å². The average molecular weight is 482 g/mol. The number of ether oxygens (including phenoxy) is 1. The Morgan fingerprint density at radius 3 is 2.71 bits per heavy atom. The van der Waals surface area contributed by atoms with Gasteiger partial charge in [0, 0.05) is 18.7 Å². The van der Waals surface area contributed by atoms with E-state index in [0.717, 1.165) is 0 Å². The van der Waals surface area contributed by atoms with Crippen molar-refractivity contribution in [3.05, 3.63) is 68.4 Å². The quantitative estimate of drug-likeness (QED) is 0.264. The maximum absolute atomic E-state index is 12.3. The van der Waals surface area contributed by atoms with Crippen LogP contribution in [0.5, 0.6) is 5.75 Å². The lowest BCUT2D eigenvalue weighted by Crippen LogP contribution is -2.15. The van der Waals surface area contributed by atoms with Gasteiger partial charge in [0.2, 0.25) is 5.91 Å². The summed E-state index contributed by atoms with van der Waals surface area (Å²) in [7, 11) is 0. The Morgan fingerprint density at radius 2 is 2.00 bits per heavy atom. The summed E-state index contributed by atoms with van der Waals surface area (Å²) in [4.78, 5) is 22.7. The number of aromatic nitrogens is 3. The van der Waals surface area contributed by atoms with E-state index in [2.05, 4.69) is 15.5 Å². The van der Waals surface area contributed by atoms with E-state index in [1.165, 1.54) is 30.0 Å². The second kappa shape index (κ2) is 10.5. The summed E-state index contributed by atoms with van der Waals surface area (Å²) >= 11 is 13.3. The number of halogens is 2. The van der Waals surface area contributed by atoms with Crippen LogP contribution >= 0.6 is 35.0 Å². The van der Waals surface area contributed by atoms with E-state index in [0.29, 0.717) is 28.3 Å². The molecule has 12 heteroatoms. The van der Waals surface area contributed by atoms with Crippen molar-refractivity contribution >= 4 is 52.2 Å². The molecule has 2 aromatic carbocycles. The highest BCUT2D eigenvalue weighted by Crippen LogP contribution is 2.28. The van der Waals surface area contributed by atoms with Gasteiger partial charge in [-0.15, -0.1) is 10.2 Å². The Morgan fingerprint density at radius 1 is 1.23 bits per heavy atom. The van der Waals surface area contributed by atoms with Crippen LogP contribution in [0.25, 0.3) is 0 Å². The van der Waals surface area contributed by atoms with Crippen molar-refractivity contribution in [2.24, 2.45) is 0 Å². The summed E-state index contributed by atoms with van der Waals surface area (Å²) in [5, 5.41) is 23.0. The molecule has 1 amide bonds. The number of hydrogen-bond donors (Lipinski definition) is 1. The van der Waals surface area contributed by atoms with Gasteiger partial charge >= 0.3 is 0 Å². The molecule has 1 N–H and O–H groups in total. The molecule has 0 atom stereocenters. The predicted octanol–water partition coefficient (Wildman–Crippen LogP) is 4.82. The predicted molar refractivity (Wildman–Crippen MR) is 119 cm³/mol. The molecule has 31 heavy (non-hydrogen) atoms. The topological polar surface area (TPSA) is 112 Å². The normalized spacial score (nSPS) is 10.7. The van der Waals surface area contributed by atoms with Gasteiger partial charge in [-0.2, -0.15) is 0 Å². The molecular formula is C19H17Cl2N5O4S. The van der Waals surface area contributed by atoms with Gasteiger partial charge in [0.15, 0.2) is 11.0 Å². The summed E-state index contributed by atoms with van der Waals surface area (Å²) in [5.41, 5.74) is 0.00787. The van der Waals surface area contributed by atoms with Crippen LogP contribution in [-0.2, 0) is 17.9 Å². The first-order valence-corrected chi connectivity index (χ1v) is 10.8. The van der Waals surface area contributed by atoms with Crippen molar-refractivity contribution in [1.82, 2.24) is 14.8 Å². The van der Waals surface area contributed by atoms with Gasteiger partial charge in [-0.25, -0.2) is 0 Å². The van der Waals surface area contributed by atoms with Crippen LogP contribution in [-0.4, -0.2) is 31.3 Å². The summed E-state index contributed by atoms with van der Waals surface area (Å²) in [5.74, 6) is 0.763. The molecule has 9 nitrogen and oxygen atoms in total. The molecule has 0 bridgehead atoms. The molecule has 3 rings (SSSR count). The first kappa shape index (κ1) is 22.9. The monoisotopic (exact) mass is 481 g/mol. The number of carbonyl (C=O) groups is 1. The number of nitro benzene ring substituents is 1. The molecule has 162 valence electrons. The average Bonchev–Trinajstić information content (AvgIpc) is 3.15. The third kappa shape index (κ3) is 5.87. The number of anilines is 1. The SMILES string of the molecule is CCn1c(COc2ccccc2Cl)nnc1SCC(=O)Nc1cc([N+](=O)[O-])ccc1Cl. The van der Waals surface area contributed by atoms with Crippen molar-refractivity contribution in [3.8, 4) is 5.75 Å². The van der Waals surface area contributed by atoms with E-state index in [4.69, 9.17) is 27.9 Å². The van der Waals surface area contributed by atoms with Crippen LogP contribution in [0.3, 0.4) is 0 Å². The molecule has 0 fully saturated rings. The van der Waals surface area contributed by atoms with Crippen LogP contribution in [0, 0.1) is 10.1 Å². The van der Waals surface area contributed by atoms with E-state index in [1.54, 1.807) is 12.1 Å². The summed E-state index contributed by atoms with van der Waals surface area (Å²) < 4.78 is 7.54. The fraction of sp³-hybridized carbons (Fsp3) is 0.211. The lowest BCUT2D eigenvalue weighted by Gasteiger charge is -2.10. The number of nitrogens with one attached hydrogen (secondary N) is 1. The molecule has 1 heterocycles. The van der Waals surface area contributed by atoms with Crippen LogP contribution in [0.15, 0.2) is 47.6 Å². The van der Waals surface area contributed by atoms with E-state index >= 15 is 0 Å². The van der Waals surface area contributed by atoms with Gasteiger partial charge < -0.3 is 14.6 Å². The molecule has 1 aromatic heterocycles. The summed E-state index contributed by atoms with van der Waals surface area (Å²) in [6.07, 6.45) is 0. The van der Waals surface area contributed by atoms with Crippen LogP contribution in [0.2, 0.25) is 10.0 Å². The maximum atomic E-state index is 12.3. The zero-order valence-corrected chi connectivity index (χ0v) is 18.6. The Labute approximate surface area is 191 Å². The van der Waals surface area contributed by atoms with Crippen molar-refractivity contribution in [1.29, 1.82) is 0 Å². The van der Waals surface area contributed by atoms with Crippen molar-refractivity contribution in [2.75, 3.05) is 11.1 Å². The zero-order chi connectivity index (χ0) is 22.4. The highest BCUT2D eigenvalue weighted by Gasteiger charge is 2.16. The number of benzene rings is 2. The number of nitro groups is 1. The molecule has 0 spiro atoms. The minimum Gasteiger partial charge on any atom is -0.484 e. The van der Waals surface area contributed by atoms with Crippen molar-refractivity contribution < 1.29 is 14.5 Å². The Balaban J connectivity index is 1.62. The molecule has 0 saturated carbocycles. The number of amides is 1. The number of hydrogen-bond acceptors (Lipinski definition) is 7. The minimum absolute atomic E-state index is 0.0164. The number of carbonyl (C=O) groups excluding carboxylic acids is 1. The fourth-order valence-electron chi connectivity index (χ4n) is 2.59. The van der Waals surface area contributed by atoms with Crippen LogP contribution in [0.1, 0.15) is 12.7 Å². The lowest BCUT2D eigenvalue weighted by atomic mass is 10.3. The van der Waals surface area contributed by atoms with E-state index in [-0.39, 0.29) is 34.7 Å². The zero-order valence-electron chi connectivity index (χ0n) is 16.2. The molecule has 0 radical (unpaired) electrons. The number of non-ortho nitro benzene ring substituents is 1. The van der Waals surface area contributed by atoms with E-state index in [9.17, 15) is 14.9 Å². The van der Waals surface area contributed by atoms with E-state index in [1.807, 2.05) is 23.6 Å². The van der Waals surface area contributed by atoms with Gasteiger partial charge in [0.1, 0.15) is 12.4 Å². The minimum atomic E-state index is -0.559. The molecule has 0 aliphatic rings. The first-order valence-electron chi connectivity index (χ1n) is 9.05. The van der Waals surface area contributed by atoms with Gasteiger partial charge in [-0.1, -0.05) is 47.1 Å². The summed E-state index contributed by atoms with van der Waals surface area (Å²) in [6.45, 7) is 2.67. The Kier molecular flexibility index (Phi) is 7.72. The smallest absolute Gasteiger partial charge is 0.271 e. The molecule has 0 aliphatic carbocycles. The van der Waals surface area contributed by atoms with Crippen LogP contribution < -0.4 is 10.1 Å².